The van der Waals surface area contributed by atoms with Crippen LogP contribution in [-0.2, 0) is 30.5 Å². The van der Waals surface area contributed by atoms with Gasteiger partial charge in [-0.2, -0.15) is 0 Å². The maximum Gasteiger partial charge on any atom is 0.329 e. The number of ether oxygens (including phenoxy) is 2. The summed E-state index contributed by atoms with van der Waals surface area (Å²) in [5.41, 5.74) is 0.599. The summed E-state index contributed by atoms with van der Waals surface area (Å²) in [7, 11) is 0. The van der Waals surface area contributed by atoms with E-state index in [-0.39, 0.29) is 42.7 Å². The molecule has 0 aromatic heterocycles. The molecule has 1 N–H and O–H groups in total. The second kappa shape index (κ2) is 12.8. The summed E-state index contributed by atoms with van der Waals surface area (Å²) in [6, 6.07) is 3.86. The molecule has 0 radical (unpaired) electrons. The van der Waals surface area contributed by atoms with Crippen LogP contribution in [0.2, 0.25) is 0 Å². The Morgan fingerprint density at radius 3 is 2.47 bits per heavy atom. The van der Waals surface area contributed by atoms with Crippen LogP contribution in [0.4, 0.5) is 5.69 Å². The molecule has 3 rings (SSSR count). The van der Waals surface area contributed by atoms with Crippen LogP contribution in [0.15, 0.2) is 24.3 Å². The Hall–Kier alpha value is -3.01. The zero-order chi connectivity index (χ0) is 26.2. The van der Waals surface area contributed by atoms with E-state index in [0.717, 1.165) is 32.1 Å². The highest BCUT2D eigenvalue weighted by molar-refractivity contribution is 5.89. The van der Waals surface area contributed by atoms with Crippen molar-refractivity contribution in [1.29, 1.82) is 0 Å². The molecule has 0 unspecified atom stereocenters. The van der Waals surface area contributed by atoms with Crippen LogP contribution in [0, 0.1) is 16.0 Å². The van der Waals surface area contributed by atoms with E-state index < -0.39 is 29.0 Å². The first-order valence-corrected chi connectivity index (χ1v) is 12.9. The monoisotopic (exact) mass is 503 g/mol. The molecule has 2 fully saturated rings. The lowest BCUT2D eigenvalue weighted by Gasteiger charge is -2.35. The number of nitrogens with zero attached hydrogens (tertiary/aromatic N) is 2. The molecule has 0 spiro atoms. The highest BCUT2D eigenvalue weighted by Gasteiger charge is 2.49. The largest absolute Gasteiger partial charge is 0.465 e. The second-order valence-corrected chi connectivity index (χ2v) is 9.62. The van der Waals surface area contributed by atoms with Crippen molar-refractivity contribution >= 4 is 23.5 Å². The zero-order valence-corrected chi connectivity index (χ0v) is 21.3. The van der Waals surface area contributed by atoms with E-state index in [2.05, 4.69) is 5.32 Å². The van der Waals surface area contributed by atoms with Crippen LogP contribution < -0.4 is 5.32 Å². The van der Waals surface area contributed by atoms with Crippen molar-refractivity contribution in [2.24, 2.45) is 5.92 Å². The number of nitrogens with one attached hydrogen (secondary N) is 1. The number of likely N-dealkylation sites (tertiary alicyclic amines) is 1. The summed E-state index contributed by atoms with van der Waals surface area (Å²) in [6.45, 7) is 5.67. The van der Waals surface area contributed by atoms with Crippen molar-refractivity contribution in [3.8, 4) is 0 Å². The van der Waals surface area contributed by atoms with Gasteiger partial charge in [-0.1, -0.05) is 26.2 Å². The molecular weight excluding hydrogens is 466 g/mol. The average molecular weight is 504 g/mol. The van der Waals surface area contributed by atoms with Gasteiger partial charge in [0.25, 0.3) is 5.69 Å². The molecule has 5 atom stereocenters. The molecule has 1 saturated heterocycles. The van der Waals surface area contributed by atoms with E-state index in [9.17, 15) is 24.5 Å². The lowest BCUT2D eigenvalue weighted by molar-refractivity contribution is -0.384. The predicted molar refractivity (Wildman–Crippen MR) is 132 cm³/mol. The fourth-order valence-electron chi connectivity index (χ4n) is 5.35. The average Bonchev–Trinajstić information content (AvgIpc) is 3.26. The molecule has 1 aromatic rings. The smallest absolute Gasteiger partial charge is 0.329 e. The van der Waals surface area contributed by atoms with Gasteiger partial charge in [0.1, 0.15) is 18.7 Å². The molecule has 1 aromatic carbocycles. The van der Waals surface area contributed by atoms with Crippen LogP contribution >= 0.6 is 0 Å². The Morgan fingerprint density at radius 1 is 1.14 bits per heavy atom. The number of fused-ring (bicyclic) bond motifs is 1. The lowest BCUT2D eigenvalue weighted by Crippen LogP contribution is -2.55. The van der Waals surface area contributed by atoms with Gasteiger partial charge in [0.15, 0.2) is 0 Å². The lowest BCUT2D eigenvalue weighted by atomic mass is 9.84. The molecular formula is C26H37N3O7. The molecule has 36 heavy (non-hydrogen) atoms. The fourth-order valence-corrected chi connectivity index (χ4v) is 5.35. The van der Waals surface area contributed by atoms with Crippen molar-refractivity contribution in [2.75, 3.05) is 6.61 Å². The SMILES string of the molecule is CCC[C@H](N[C@@H](C)C(=O)N1[C@H](C(=O)OCc2ccc([N+](=O)[O-])cc2)C[C@@H]2CCCC[C@@H]21)C(=O)OCC. The third-order valence-corrected chi connectivity index (χ3v) is 7.11. The summed E-state index contributed by atoms with van der Waals surface area (Å²) < 4.78 is 10.7. The van der Waals surface area contributed by atoms with Crippen LogP contribution in [0.5, 0.6) is 0 Å². The summed E-state index contributed by atoms with van der Waals surface area (Å²) >= 11 is 0. The minimum absolute atomic E-state index is 0.0278. The number of rotatable bonds is 11. The predicted octanol–water partition coefficient (Wildman–Crippen LogP) is 3.51. The van der Waals surface area contributed by atoms with Crippen molar-refractivity contribution in [3.63, 3.8) is 0 Å². The van der Waals surface area contributed by atoms with Gasteiger partial charge in [-0.25, -0.2) is 4.79 Å². The summed E-state index contributed by atoms with van der Waals surface area (Å²) in [5.74, 6) is -0.829. The Morgan fingerprint density at radius 2 is 1.83 bits per heavy atom. The van der Waals surface area contributed by atoms with Crippen LogP contribution in [-0.4, -0.2) is 58.4 Å². The molecule has 198 valence electrons. The van der Waals surface area contributed by atoms with Gasteiger partial charge in [0.2, 0.25) is 5.91 Å². The number of carbonyl (C=O) groups excluding carboxylic acids is 3. The van der Waals surface area contributed by atoms with Crippen molar-refractivity contribution in [2.45, 2.75) is 96.5 Å². The van der Waals surface area contributed by atoms with Crippen LogP contribution in [0.3, 0.4) is 0 Å². The number of carbonyl (C=O) groups is 3. The highest BCUT2D eigenvalue weighted by Crippen LogP contribution is 2.40. The first-order chi connectivity index (χ1) is 17.3. The molecule has 0 bridgehead atoms. The first kappa shape index (κ1) is 27.6. The minimum atomic E-state index is -0.694. The van der Waals surface area contributed by atoms with Crippen molar-refractivity contribution in [3.05, 3.63) is 39.9 Å². The number of amides is 1. The van der Waals surface area contributed by atoms with E-state index in [1.807, 2.05) is 6.92 Å². The highest BCUT2D eigenvalue weighted by atomic mass is 16.6. The number of nitro groups is 1. The van der Waals surface area contributed by atoms with Crippen molar-refractivity contribution < 1.29 is 28.8 Å². The first-order valence-electron chi connectivity index (χ1n) is 12.9. The Labute approximate surface area is 211 Å². The summed E-state index contributed by atoms with van der Waals surface area (Å²) in [5, 5.41) is 14.0. The third-order valence-electron chi connectivity index (χ3n) is 7.11. The zero-order valence-electron chi connectivity index (χ0n) is 21.3. The Bertz CT molecular complexity index is 936. The van der Waals surface area contributed by atoms with Gasteiger partial charge in [-0.05, 0) is 63.1 Å². The fraction of sp³-hybridized carbons (Fsp3) is 0.654. The van der Waals surface area contributed by atoms with Gasteiger partial charge in [-0.3, -0.25) is 25.0 Å². The second-order valence-electron chi connectivity index (χ2n) is 9.62. The number of esters is 2. The Balaban J connectivity index is 1.71. The van der Waals surface area contributed by atoms with Gasteiger partial charge < -0.3 is 14.4 Å². The molecule has 1 saturated carbocycles. The summed E-state index contributed by atoms with van der Waals surface area (Å²) in [6.07, 6.45) is 5.72. The maximum absolute atomic E-state index is 13.7. The number of non-ortho nitro benzene ring substituents is 1. The molecule has 10 heteroatoms. The van der Waals surface area contributed by atoms with Gasteiger partial charge in [-0.15, -0.1) is 0 Å². The van der Waals surface area contributed by atoms with E-state index in [4.69, 9.17) is 9.47 Å². The summed E-state index contributed by atoms with van der Waals surface area (Å²) in [4.78, 5) is 51.3. The van der Waals surface area contributed by atoms with Crippen LogP contribution in [0.25, 0.3) is 0 Å². The molecule has 1 amide bonds. The van der Waals surface area contributed by atoms with E-state index >= 15 is 0 Å². The van der Waals surface area contributed by atoms with Gasteiger partial charge >= 0.3 is 11.9 Å². The minimum Gasteiger partial charge on any atom is -0.465 e. The molecule has 1 aliphatic heterocycles. The normalized spacial score (nSPS) is 22.9. The molecule has 2 aliphatic rings. The Kier molecular flexibility index (Phi) is 9.81. The van der Waals surface area contributed by atoms with Gasteiger partial charge in [0.05, 0.1) is 17.6 Å². The van der Waals surface area contributed by atoms with Crippen LogP contribution in [0.1, 0.15) is 71.3 Å². The van der Waals surface area contributed by atoms with Crippen molar-refractivity contribution in [1.82, 2.24) is 10.2 Å². The maximum atomic E-state index is 13.7. The number of hydrogen-bond donors (Lipinski definition) is 1. The quantitative estimate of drug-likeness (QED) is 0.276. The van der Waals surface area contributed by atoms with Gasteiger partial charge in [0, 0.05) is 18.2 Å². The topological polar surface area (TPSA) is 128 Å². The van der Waals surface area contributed by atoms with E-state index in [1.165, 1.54) is 12.1 Å². The third kappa shape index (κ3) is 6.60. The van der Waals surface area contributed by atoms with E-state index in [0.29, 0.717) is 18.4 Å². The number of benzene rings is 1. The van der Waals surface area contributed by atoms with E-state index in [1.54, 1.807) is 30.9 Å². The molecule has 1 heterocycles. The number of hydrogen-bond acceptors (Lipinski definition) is 8. The molecule has 1 aliphatic carbocycles. The molecule has 10 nitrogen and oxygen atoms in total. The standard InChI is InChI=1S/C26H37N3O7/c1-4-8-21(25(31)35-5-2)27-17(3)24(30)28-22-10-7-6-9-19(22)15-23(28)26(32)36-16-18-11-13-20(14-12-18)29(33)34/h11-14,17,19,21-23,27H,4-10,15-16H2,1-3H3/t17-,19-,21-,22-,23-/m0/s1. The number of nitro benzene ring substituents is 1.